The predicted octanol–water partition coefficient (Wildman–Crippen LogP) is 7.56. The Balaban J connectivity index is -0.000000400. The molecule has 4 unspecified atom stereocenters. The predicted molar refractivity (Wildman–Crippen MR) is 141 cm³/mol. The summed E-state index contributed by atoms with van der Waals surface area (Å²) < 4.78 is 0. The average Bonchev–Trinajstić information content (AvgIpc) is 3.28. The molecular formula is C26H44Cl2SiZr-4. The van der Waals surface area contributed by atoms with Crippen molar-refractivity contribution in [1.29, 1.82) is 0 Å². The molecule has 30 heavy (non-hydrogen) atoms. The Labute approximate surface area is 217 Å². The van der Waals surface area contributed by atoms with Crippen LogP contribution in [-0.4, -0.2) is 6.88 Å². The fourth-order valence-electron chi connectivity index (χ4n) is 4.45. The summed E-state index contributed by atoms with van der Waals surface area (Å²) in [6.45, 7) is 11.3. The van der Waals surface area contributed by atoms with Gasteiger partial charge in [-0.2, -0.15) is 0 Å². The van der Waals surface area contributed by atoms with Gasteiger partial charge in [-0.15, -0.1) is 49.1 Å². The van der Waals surface area contributed by atoms with Crippen LogP contribution in [0.25, 0.3) is 0 Å². The molecule has 0 nitrogen and oxygen atoms in total. The molecule has 4 heteroatoms. The number of allylic oxidation sites excluding steroid dienone is 8. The third-order valence-electron chi connectivity index (χ3n) is 6.27. The zero-order valence-electron chi connectivity index (χ0n) is 19.9. The Morgan fingerprint density at radius 2 is 1.10 bits per heavy atom. The molecule has 0 amide bonds. The molecular weight excluding hydrogens is 503 g/mol. The van der Waals surface area contributed by atoms with Crippen molar-refractivity contribution in [1.82, 2.24) is 0 Å². The van der Waals surface area contributed by atoms with E-state index >= 15 is 0 Å². The van der Waals surface area contributed by atoms with Gasteiger partial charge in [0.2, 0.25) is 0 Å². The van der Waals surface area contributed by atoms with Crippen molar-refractivity contribution in [2.24, 2.45) is 35.5 Å². The van der Waals surface area contributed by atoms with Crippen LogP contribution in [0.15, 0.2) is 47.6 Å². The minimum atomic E-state index is 0. The molecule has 2 fully saturated rings. The standard InChI is InChI=1S/2C12H17.2CH3.2ClH.H2Si.Zr/c2*1-9(2)12-7-10-5-3-4-6-11(10)8-12;;;;;;/h2*3-5,7,9,11-12H,6,8H2,1-2H3;2*1H3;2*1H;1H2;/q4*-1;;;;. The Morgan fingerprint density at radius 3 is 1.37 bits per heavy atom. The first kappa shape index (κ1) is 35.0. The first-order valence-corrected chi connectivity index (χ1v) is 16.2. The topological polar surface area (TPSA) is 0 Å². The molecule has 4 aliphatic carbocycles. The molecule has 0 spiro atoms. The van der Waals surface area contributed by atoms with Gasteiger partial charge in [-0.1, -0.05) is 64.2 Å². The van der Waals surface area contributed by atoms with Crippen LogP contribution in [0, 0.1) is 63.2 Å². The van der Waals surface area contributed by atoms with Gasteiger partial charge in [-0.3, -0.25) is 0 Å². The molecule has 4 atom stereocenters. The Kier molecular flexibility index (Phi) is 20.8. The Bertz CT molecular complexity index is 528. The van der Waals surface area contributed by atoms with Gasteiger partial charge in [-0.25, -0.2) is 36.1 Å². The van der Waals surface area contributed by atoms with Crippen LogP contribution >= 0.6 is 24.8 Å². The van der Waals surface area contributed by atoms with E-state index in [1.807, 2.05) is 6.88 Å². The average molecular weight is 547 g/mol. The van der Waals surface area contributed by atoms with E-state index in [0.717, 1.165) is 35.5 Å². The zero-order chi connectivity index (χ0) is 19.1. The number of hydrogen-bond acceptors (Lipinski definition) is 0. The molecule has 2 saturated carbocycles. The van der Waals surface area contributed by atoms with E-state index in [1.54, 1.807) is 34.5 Å². The molecule has 0 heterocycles. The third-order valence-corrected chi connectivity index (χ3v) is 6.27. The number of hydrogen-bond donors (Lipinski definition) is 0. The summed E-state index contributed by atoms with van der Waals surface area (Å²) in [6.07, 6.45) is 23.8. The Morgan fingerprint density at radius 1 is 0.767 bits per heavy atom. The maximum absolute atomic E-state index is 2.48. The fourth-order valence-corrected chi connectivity index (χ4v) is 4.45. The summed E-state index contributed by atoms with van der Waals surface area (Å²) in [5.41, 5.74) is 3.19. The van der Waals surface area contributed by atoms with Crippen molar-refractivity contribution in [3.8, 4) is 0 Å². The zero-order valence-corrected chi connectivity index (χ0v) is 25.4. The van der Waals surface area contributed by atoms with Crippen molar-refractivity contribution in [3.05, 3.63) is 75.3 Å². The van der Waals surface area contributed by atoms with Crippen molar-refractivity contribution in [2.75, 3.05) is 0 Å². The van der Waals surface area contributed by atoms with E-state index in [1.165, 1.54) is 25.7 Å². The first-order valence-electron chi connectivity index (χ1n) is 10.3. The van der Waals surface area contributed by atoms with Gasteiger partial charge in [0.25, 0.3) is 0 Å². The number of halogens is 2. The molecule has 4 rings (SSSR count). The molecule has 0 bridgehead atoms. The monoisotopic (exact) mass is 544 g/mol. The maximum atomic E-state index is 2.48. The summed E-state index contributed by atoms with van der Waals surface area (Å²) in [6, 6.07) is 0. The van der Waals surface area contributed by atoms with Crippen LogP contribution in [-0.2, 0) is 23.3 Å². The summed E-state index contributed by atoms with van der Waals surface area (Å²) in [7, 11) is 0. The minimum absolute atomic E-state index is 0. The van der Waals surface area contributed by atoms with Crippen LogP contribution in [0.4, 0.5) is 0 Å². The van der Waals surface area contributed by atoms with E-state index in [2.05, 4.69) is 77.0 Å². The van der Waals surface area contributed by atoms with Crippen LogP contribution < -0.4 is 0 Å². The number of fused-ring (bicyclic) bond motifs is 2. The molecule has 0 saturated heterocycles. The van der Waals surface area contributed by atoms with Gasteiger partial charge in [-0.05, 0) is 24.7 Å². The van der Waals surface area contributed by atoms with Gasteiger partial charge in [0.15, 0.2) is 0 Å². The Hall–Kier alpha value is 0.380. The van der Waals surface area contributed by atoms with Crippen LogP contribution in [0.2, 0.25) is 0 Å². The molecule has 0 aromatic heterocycles. The second-order valence-corrected chi connectivity index (χ2v) is 8.68. The second-order valence-electron chi connectivity index (χ2n) is 8.68. The SMILES string of the molecule is CC(C)C1[CH-]C2=CC=CCC2C1.CC(C)C1[CH-]C2=CC=CCC2C1.Cl.Cl.[CH3-].[CH3-].[SiH2]=[Zr]. The molecule has 4 aliphatic rings. The van der Waals surface area contributed by atoms with Gasteiger partial charge >= 0.3 is 30.2 Å². The molecule has 0 aromatic carbocycles. The molecule has 0 radical (unpaired) electrons. The van der Waals surface area contributed by atoms with E-state index in [-0.39, 0.29) is 39.7 Å². The van der Waals surface area contributed by atoms with Crippen LogP contribution in [0.1, 0.15) is 53.4 Å². The molecule has 0 aliphatic heterocycles. The van der Waals surface area contributed by atoms with Crippen molar-refractivity contribution >= 4 is 31.7 Å². The van der Waals surface area contributed by atoms with Crippen molar-refractivity contribution in [3.63, 3.8) is 0 Å². The molecule has 0 N–H and O–H groups in total. The summed E-state index contributed by atoms with van der Waals surface area (Å²) in [4.78, 5) is 0. The fraction of sp³-hybridized carbons (Fsp3) is 0.538. The van der Waals surface area contributed by atoms with Gasteiger partial charge in [0.05, 0.1) is 0 Å². The van der Waals surface area contributed by atoms with Crippen molar-refractivity contribution in [2.45, 2.75) is 53.4 Å². The van der Waals surface area contributed by atoms with Gasteiger partial charge in [0, 0.05) is 0 Å². The van der Waals surface area contributed by atoms with Gasteiger partial charge in [0.1, 0.15) is 0 Å². The van der Waals surface area contributed by atoms with E-state index < -0.39 is 0 Å². The van der Waals surface area contributed by atoms with Crippen molar-refractivity contribution < 1.29 is 23.3 Å². The summed E-state index contributed by atoms with van der Waals surface area (Å²) in [5.74, 6) is 5.00. The third kappa shape index (κ3) is 9.89. The second kappa shape index (κ2) is 17.9. The first-order chi connectivity index (χ1) is 12.5. The van der Waals surface area contributed by atoms with Gasteiger partial charge < -0.3 is 14.9 Å². The number of rotatable bonds is 2. The molecule has 174 valence electrons. The molecule has 0 aromatic rings. The van der Waals surface area contributed by atoms with E-state index in [9.17, 15) is 0 Å². The quantitative estimate of drug-likeness (QED) is 0.248. The van der Waals surface area contributed by atoms with E-state index in [0.29, 0.717) is 0 Å². The van der Waals surface area contributed by atoms with Crippen LogP contribution in [0.3, 0.4) is 0 Å². The normalized spacial score (nSPS) is 26.6. The van der Waals surface area contributed by atoms with E-state index in [4.69, 9.17) is 0 Å². The summed E-state index contributed by atoms with van der Waals surface area (Å²) >= 11 is 1.58. The summed E-state index contributed by atoms with van der Waals surface area (Å²) in [5, 5.41) is 0. The van der Waals surface area contributed by atoms with Crippen LogP contribution in [0.5, 0.6) is 0 Å².